The third kappa shape index (κ3) is 2.30. The molecule has 0 aliphatic carbocycles. The van der Waals surface area contributed by atoms with Crippen molar-refractivity contribution in [2.24, 2.45) is 5.92 Å². The summed E-state index contributed by atoms with van der Waals surface area (Å²) in [5.41, 5.74) is 1.01. The van der Waals surface area contributed by atoms with Gasteiger partial charge in [0.1, 0.15) is 5.82 Å². The second kappa shape index (κ2) is 5.27. The van der Waals surface area contributed by atoms with Crippen LogP contribution in [0, 0.1) is 5.92 Å². The van der Waals surface area contributed by atoms with E-state index in [2.05, 4.69) is 47.2 Å². The number of hydrogen-bond acceptors (Lipinski definition) is 4. The molecule has 4 nitrogen and oxygen atoms in total. The maximum atomic E-state index is 4.72. The molecule has 106 valence electrons. The summed E-state index contributed by atoms with van der Waals surface area (Å²) in [6.07, 6.45) is 2.46. The number of rotatable bonds is 2. The van der Waals surface area contributed by atoms with Gasteiger partial charge in [0.15, 0.2) is 0 Å². The van der Waals surface area contributed by atoms with Crippen LogP contribution in [0.15, 0.2) is 24.3 Å². The highest BCUT2D eigenvalue weighted by Crippen LogP contribution is 2.31. The molecule has 3 rings (SSSR count). The van der Waals surface area contributed by atoms with E-state index in [-0.39, 0.29) is 0 Å². The van der Waals surface area contributed by atoms with Crippen molar-refractivity contribution in [1.82, 2.24) is 9.97 Å². The molecular formula is C16H22N4. The smallest absolute Gasteiger partial charge is 0.224 e. The van der Waals surface area contributed by atoms with Gasteiger partial charge in [-0.1, -0.05) is 19.1 Å². The second-order valence-corrected chi connectivity index (χ2v) is 5.81. The minimum Gasteiger partial charge on any atom is -0.357 e. The average Bonchev–Trinajstić information content (AvgIpc) is 2.46. The van der Waals surface area contributed by atoms with Gasteiger partial charge in [0, 0.05) is 25.0 Å². The van der Waals surface area contributed by atoms with E-state index in [1.807, 2.05) is 13.1 Å². The molecule has 20 heavy (non-hydrogen) atoms. The van der Waals surface area contributed by atoms with Crippen LogP contribution in [0.3, 0.4) is 0 Å². The SMILES string of the molecule is CNc1nc(N2CCC(C)CC2C)c2ccccc2n1. The van der Waals surface area contributed by atoms with E-state index in [0.717, 1.165) is 29.2 Å². The minimum absolute atomic E-state index is 0.529. The zero-order chi connectivity index (χ0) is 14.1. The van der Waals surface area contributed by atoms with Gasteiger partial charge in [0.05, 0.1) is 5.52 Å². The highest BCUT2D eigenvalue weighted by molar-refractivity contribution is 5.90. The zero-order valence-corrected chi connectivity index (χ0v) is 12.4. The Kier molecular flexibility index (Phi) is 3.47. The van der Waals surface area contributed by atoms with Gasteiger partial charge in [0.25, 0.3) is 0 Å². The van der Waals surface area contributed by atoms with Crippen molar-refractivity contribution in [2.45, 2.75) is 32.7 Å². The third-order valence-electron chi connectivity index (χ3n) is 4.22. The van der Waals surface area contributed by atoms with Gasteiger partial charge in [-0.3, -0.25) is 0 Å². The molecule has 0 radical (unpaired) electrons. The number of aromatic nitrogens is 2. The number of benzene rings is 1. The third-order valence-corrected chi connectivity index (χ3v) is 4.22. The molecule has 1 aromatic heterocycles. The molecule has 2 heterocycles. The van der Waals surface area contributed by atoms with Crippen molar-refractivity contribution in [2.75, 3.05) is 23.8 Å². The van der Waals surface area contributed by atoms with Gasteiger partial charge < -0.3 is 10.2 Å². The summed E-state index contributed by atoms with van der Waals surface area (Å²) in [6, 6.07) is 8.79. The first-order valence-corrected chi connectivity index (χ1v) is 7.40. The molecule has 1 aromatic carbocycles. The molecule has 1 fully saturated rings. The van der Waals surface area contributed by atoms with Gasteiger partial charge >= 0.3 is 0 Å². The highest BCUT2D eigenvalue weighted by Gasteiger charge is 2.25. The number of hydrogen-bond donors (Lipinski definition) is 1. The van der Waals surface area contributed by atoms with Crippen LogP contribution in [0.5, 0.6) is 0 Å². The van der Waals surface area contributed by atoms with E-state index < -0.39 is 0 Å². The summed E-state index contributed by atoms with van der Waals surface area (Å²) < 4.78 is 0. The number of nitrogens with zero attached hydrogens (tertiary/aromatic N) is 3. The van der Waals surface area contributed by atoms with Gasteiger partial charge in [-0.05, 0) is 37.8 Å². The lowest BCUT2D eigenvalue weighted by Gasteiger charge is -2.38. The van der Waals surface area contributed by atoms with Crippen LogP contribution in [-0.4, -0.2) is 29.6 Å². The Morgan fingerprint density at radius 1 is 1.20 bits per heavy atom. The lowest BCUT2D eigenvalue weighted by Crippen LogP contribution is -2.41. The van der Waals surface area contributed by atoms with Crippen molar-refractivity contribution >= 4 is 22.7 Å². The summed E-state index contributed by atoms with van der Waals surface area (Å²) in [7, 11) is 1.87. The topological polar surface area (TPSA) is 41.1 Å². The predicted octanol–water partition coefficient (Wildman–Crippen LogP) is 3.30. The largest absolute Gasteiger partial charge is 0.357 e. The van der Waals surface area contributed by atoms with E-state index in [4.69, 9.17) is 4.98 Å². The predicted molar refractivity (Wildman–Crippen MR) is 84.3 cm³/mol. The van der Waals surface area contributed by atoms with E-state index in [9.17, 15) is 0 Å². The van der Waals surface area contributed by atoms with Crippen LogP contribution < -0.4 is 10.2 Å². The first kappa shape index (κ1) is 13.2. The van der Waals surface area contributed by atoms with Crippen molar-refractivity contribution < 1.29 is 0 Å². The van der Waals surface area contributed by atoms with Crippen LogP contribution in [0.25, 0.3) is 10.9 Å². The van der Waals surface area contributed by atoms with Crippen LogP contribution in [0.1, 0.15) is 26.7 Å². The number of anilines is 2. The monoisotopic (exact) mass is 270 g/mol. The van der Waals surface area contributed by atoms with Crippen molar-refractivity contribution in [3.8, 4) is 0 Å². The van der Waals surface area contributed by atoms with Crippen molar-refractivity contribution in [1.29, 1.82) is 0 Å². The average molecular weight is 270 g/mol. The Morgan fingerprint density at radius 3 is 2.75 bits per heavy atom. The first-order valence-electron chi connectivity index (χ1n) is 7.40. The van der Waals surface area contributed by atoms with E-state index >= 15 is 0 Å². The lowest BCUT2D eigenvalue weighted by atomic mass is 9.93. The second-order valence-electron chi connectivity index (χ2n) is 5.81. The Bertz CT molecular complexity index is 610. The molecule has 2 aromatic rings. The molecule has 0 spiro atoms. The van der Waals surface area contributed by atoms with E-state index in [1.54, 1.807) is 0 Å². The fourth-order valence-corrected chi connectivity index (χ4v) is 3.11. The molecule has 1 saturated heterocycles. The molecule has 2 unspecified atom stereocenters. The summed E-state index contributed by atoms with van der Waals surface area (Å²) in [5, 5.41) is 4.22. The van der Waals surface area contributed by atoms with Crippen LogP contribution in [-0.2, 0) is 0 Å². The number of fused-ring (bicyclic) bond motifs is 1. The van der Waals surface area contributed by atoms with Crippen molar-refractivity contribution in [3.63, 3.8) is 0 Å². The molecule has 0 bridgehead atoms. The molecule has 1 aliphatic rings. The molecule has 0 amide bonds. The fraction of sp³-hybridized carbons (Fsp3) is 0.500. The summed E-state index contributed by atoms with van der Waals surface area (Å²) in [5.74, 6) is 2.57. The molecule has 2 atom stereocenters. The number of piperidine rings is 1. The van der Waals surface area contributed by atoms with Crippen LogP contribution in [0.4, 0.5) is 11.8 Å². The maximum Gasteiger partial charge on any atom is 0.224 e. The molecular weight excluding hydrogens is 248 g/mol. The van der Waals surface area contributed by atoms with Crippen LogP contribution in [0.2, 0.25) is 0 Å². The fourth-order valence-electron chi connectivity index (χ4n) is 3.11. The Balaban J connectivity index is 2.09. The Hall–Kier alpha value is -1.84. The Labute approximate surface area is 120 Å². The standard InChI is InChI=1S/C16H22N4/c1-11-8-9-20(12(2)10-11)15-13-6-4-5-7-14(13)18-16(17-3)19-15/h4-7,11-12H,8-10H2,1-3H3,(H,17,18,19). The zero-order valence-electron chi connectivity index (χ0n) is 12.4. The molecule has 4 heteroatoms. The minimum atomic E-state index is 0.529. The molecule has 1 N–H and O–H groups in total. The normalized spacial score (nSPS) is 23.1. The maximum absolute atomic E-state index is 4.72. The highest BCUT2D eigenvalue weighted by atomic mass is 15.2. The van der Waals surface area contributed by atoms with E-state index in [1.165, 1.54) is 12.8 Å². The summed E-state index contributed by atoms with van der Waals surface area (Å²) >= 11 is 0. The van der Waals surface area contributed by atoms with Gasteiger partial charge in [-0.15, -0.1) is 0 Å². The number of para-hydroxylation sites is 1. The summed E-state index contributed by atoms with van der Waals surface area (Å²) in [4.78, 5) is 11.7. The van der Waals surface area contributed by atoms with E-state index in [0.29, 0.717) is 12.0 Å². The van der Waals surface area contributed by atoms with Crippen molar-refractivity contribution in [3.05, 3.63) is 24.3 Å². The molecule has 0 saturated carbocycles. The lowest BCUT2D eigenvalue weighted by molar-refractivity contribution is 0.376. The summed E-state index contributed by atoms with van der Waals surface area (Å²) in [6.45, 7) is 5.71. The Morgan fingerprint density at radius 2 is 2.00 bits per heavy atom. The molecule has 1 aliphatic heterocycles. The first-order chi connectivity index (χ1) is 9.69. The quantitative estimate of drug-likeness (QED) is 0.909. The van der Waals surface area contributed by atoms with Crippen LogP contribution >= 0.6 is 0 Å². The number of nitrogens with one attached hydrogen (secondary N) is 1. The van der Waals surface area contributed by atoms with Gasteiger partial charge in [-0.25, -0.2) is 4.98 Å². The van der Waals surface area contributed by atoms with Gasteiger partial charge in [-0.2, -0.15) is 4.98 Å². The van der Waals surface area contributed by atoms with Gasteiger partial charge in [0.2, 0.25) is 5.95 Å².